The monoisotopic (exact) mass is 329 g/mol. The number of rotatable bonds is 6. The van der Waals surface area contributed by atoms with Gasteiger partial charge in [-0.2, -0.15) is 0 Å². The summed E-state index contributed by atoms with van der Waals surface area (Å²) in [5, 5.41) is 13.6. The maximum Gasteiger partial charge on any atom is 0.273 e. The van der Waals surface area contributed by atoms with Gasteiger partial charge in [-0.25, -0.2) is 0 Å². The highest BCUT2D eigenvalue weighted by molar-refractivity contribution is 5.85. The van der Waals surface area contributed by atoms with E-state index in [0.29, 0.717) is 18.2 Å². The van der Waals surface area contributed by atoms with Crippen molar-refractivity contribution in [1.29, 1.82) is 0 Å². The van der Waals surface area contributed by atoms with E-state index in [-0.39, 0.29) is 36.7 Å². The second-order valence-corrected chi connectivity index (χ2v) is 5.14. The predicted octanol–water partition coefficient (Wildman–Crippen LogP) is 1.64. The summed E-state index contributed by atoms with van der Waals surface area (Å²) < 4.78 is 5.29. The van der Waals surface area contributed by atoms with Crippen LogP contribution >= 0.6 is 12.4 Å². The lowest BCUT2D eigenvalue weighted by atomic mass is 10.0. The molecule has 1 aromatic rings. The second kappa shape index (κ2) is 8.55. The minimum absolute atomic E-state index is 0. The van der Waals surface area contributed by atoms with Gasteiger partial charge in [0, 0.05) is 12.1 Å². The highest BCUT2D eigenvalue weighted by atomic mass is 35.5. The Kier molecular flexibility index (Phi) is 7.07. The number of nitro benzene ring substituents is 1. The lowest BCUT2D eigenvalue weighted by molar-refractivity contribution is -0.384. The topological polar surface area (TPSA) is 107 Å². The second-order valence-electron chi connectivity index (χ2n) is 5.14. The molecule has 1 aromatic carbocycles. The summed E-state index contributed by atoms with van der Waals surface area (Å²) in [7, 11) is 0. The molecule has 8 heteroatoms. The van der Waals surface area contributed by atoms with E-state index in [1.807, 2.05) is 0 Å². The van der Waals surface area contributed by atoms with Gasteiger partial charge in [0.15, 0.2) is 6.61 Å². The van der Waals surface area contributed by atoms with E-state index in [0.717, 1.165) is 19.3 Å². The van der Waals surface area contributed by atoms with Crippen LogP contribution in [0, 0.1) is 16.0 Å². The number of amides is 1. The highest BCUT2D eigenvalue weighted by Crippen LogP contribution is 2.24. The predicted molar refractivity (Wildman–Crippen MR) is 84.2 cm³/mol. The summed E-state index contributed by atoms with van der Waals surface area (Å²) in [5.41, 5.74) is 5.60. The Morgan fingerprint density at radius 1 is 1.45 bits per heavy atom. The van der Waals surface area contributed by atoms with E-state index < -0.39 is 4.92 Å². The smallest absolute Gasteiger partial charge is 0.273 e. The quantitative estimate of drug-likeness (QED) is 0.609. The van der Waals surface area contributed by atoms with Crippen LogP contribution in [0.4, 0.5) is 5.69 Å². The molecule has 2 unspecified atom stereocenters. The zero-order valence-electron chi connectivity index (χ0n) is 12.1. The number of carbonyl (C=O) groups excluding carboxylic acids is 1. The molecule has 1 aliphatic carbocycles. The lowest BCUT2D eigenvalue weighted by Gasteiger charge is -2.19. The Morgan fingerprint density at radius 2 is 2.23 bits per heavy atom. The van der Waals surface area contributed by atoms with Gasteiger partial charge in [0.05, 0.1) is 11.0 Å². The molecule has 22 heavy (non-hydrogen) atoms. The Labute approximate surface area is 134 Å². The van der Waals surface area contributed by atoms with E-state index in [1.54, 1.807) is 6.07 Å². The van der Waals surface area contributed by atoms with Crippen LogP contribution in [0.15, 0.2) is 24.3 Å². The van der Waals surface area contributed by atoms with Crippen LogP contribution in [0.3, 0.4) is 0 Å². The van der Waals surface area contributed by atoms with Crippen LogP contribution in [-0.2, 0) is 4.79 Å². The number of halogens is 1. The molecule has 2 rings (SSSR count). The summed E-state index contributed by atoms with van der Waals surface area (Å²) in [4.78, 5) is 22.0. The number of non-ortho nitro benzene ring substituents is 1. The molecule has 0 aromatic heterocycles. The number of hydrogen-bond donors (Lipinski definition) is 2. The van der Waals surface area contributed by atoms with E-state index in [4.69, 9.17) is 10.5 Å². The normalized spacial score (nSPS) is 20.0. The lowest BCUT2D eigenvalue weighted by Crippen LogP contribution is -2.42. The molecule has 0 aliphatic heterocycles. The van der Waals surface area contributed by atoms with Gasteiger partial charge in [0.25, 0.3) is 11.6 Å². The largest absolute Gasteiger partial charge is 0.484 e. The van der Waals surface area contributed by atoms with E-state index in [1.165, 1.54) is 18.2 Å². The fourth-order valence-electron chi connectivity index (χ4n) is 2.59. The Bertz CT molecular complexity index is 527. The van der Waals surface area contributed by atoms with Crippen LogP contribution in [0.2, 0.25) is 0 Å². The number of nitrogens with one attached hydrogen (secondary N) is 1. The molecule has 1 fully saturated rings. The number of carbonyl (C=O) groups is 1. The van der Waals surface area contributed by atoms with Gasteiger partial charge in [-0.05, 0) is 31.4 Å². The first-order chi connectivity index (χ1) is 10.1. The van der Waals surface area contributed by atoms with Crippen LogP contribution in [0.5, 0.6) is 5.75 Å². The average molecular weight is 330 g/mol. The fraction of sp³-hybridized carbons (Fsp3) is 0.500. The van der Waals surface area contributed by atoms with Gasteiger partial charge >= 0.3 is 0 Å². The van der Waals surface area contributed by atoms with Gasteiger partial charge < -0.3 is 15.8 Å². The van der Waals surface area contributed by atoms with Crippen molar-refractivity contribution in [2.75, 3.05) is 13.2 Å². The number of nitro groups is 1. The summed E-state index contributed by atoms with van der Waals surface area (Å²) in [6.07, 6.45) is 3.04. The van der Waals surface area contributed by atoms with Crippen LogP contribution in [-0.4, -0.2) is 30.0 Å². The van der Waals surface area contributed by atoms with Crippen LogP contribution < -0.4 is 15.8 Å². The fourth-order valence-corrected chi connectivity index (χ4v) is 2.59. The first kappa shape index (κ1) is 18.2. The maximum absolute atomic E-state index is 11.8. The number of hydrogen-bond acceptors (Lipinski definition) is 5. The van der Waals surface area contributed by atoms with Crippen molar-refractivity contribution < 1.29 is 14.5 Å². The number of nitrogens with two attached hydrogens (primary N) is 1. The molecule has 0 radical (unpaired) electrons. The average Bonchev–Trinajstić information content (AvgIpc) is 2.92. The molecule has 1 aliphatic rings. The third kappa shape index (κ3) is 4.85. The molecule has 3 N–H and O–H groups in total. The third-order valence-electron chi connectivity index (χ3n) is 3.71. The summed E-state index contributed by atoms with van der Waals surface area (Å²) in [6.45, 7) is 0.408. The SMILES string of the molecule is Cl.NCC1CCCC1NC(=O)COc1cccc([N+](=O)[O-])c1. The molecule has 122 valence electrons. The van der Waals surface area contributed by atoms with Crippen molar-refractivity contribution in [3.05, 3.63) is 34.4 Å². The van der Waals surface area contributed by atoms with E-state index in [2.05, 4.69) is 5.32 Å². The van der Waals surface area contributed by atoms with Gasteiger partial charge in [-0.3, -0.25) is 14.9 Å². The Morgan fingerprint density at radius 3 is 2.91 bits per heavy atom. The summed E-state index contributed by atoms with van der Waals surface area (Å²) in [6, 6.07) is 5.88. The van der Waals surface area contributed by atoms with Crippen molar-refractivity contribution >= 4 is 24.0 Å². The highest BCUT2D eigenvalue weighted by Gasteiger charge is 2.27. The zero-order chi connectivity index (χ0) is 15.2. The molecule has 0 heterocycles. The van der Waals surface area contributed by atoms with E-state index in [9.17, 15) is 14.9 Å². The minimum atomic E-state index is -0.503. The molecule has 1 amide bonds. The standard InChI is InChI=1S/C14H19N3O4.ClH/c15-8-10-3-1-6-13(10)16-14(18)9-21-12-5-2-4-11(7-12)17(19)20;/h2,4-5,7,10,13H,1,3,6,8-9,15H2,(H,16,18);1H. The van der Waals surface area contributed by atoms with Crippen molar-refractivity contribution in [1.82, 2.24) is 5.32 Å². The maximum atomic E-state index is 11.8. The summed E-state index contributed by atoms with van der Waals surface area (Å²) in [5.74, 6) is 0.403. The first-order valence-corrected chi connectivity index (χ1v) is 6.97. The minimum Gasteiger partial charge on any atom is -0.484 e. The molecule has 0 saturated heterocycles. The molecular weight excluding hydrogens is 310 g/mol. The van der Waals surface area contributed by atoms with Gasteiger partial charge in [-0.1, -0.05) is 12.5 Å². The Balaban J connectivity index is 0.00000242. The van der Waals surface area contributed by atoms with Gasteiger partial charge in [0.1, 0.15) is 5.75 Å². The van der Waals surface area contributed by atoms with Crippen molar-refractivity contribution in [3.8, 4) is 5.75 Å². The van der Waals surface area contributed by atoms with Gasteiger partial charge in [-0.15, -0.1) is 12.4 Å². The number of ether oxygens (including phenoxy) is 1. The van der Waals surface area contributed by atoms with Gasteiger partial charge in [0.2, 0.25) is 0 Å². The van der Waals surface area contributed by atoms with Crippen molar-refractivity contribution in [2.24, 2.45) is 11.7 Å². The molecule has 7 nitrogen and oxygen atoms in total. The van der Waals surface area contributed by atoms with Crippen LogP contribution in [0.25, 0.3) is 0 Å². The summed E-state index contributed by atoms with van der Waals surface area (Å²) >= 11 is 0. The molecule has 0 bridgehead atoms. The third-order valence-corrected chi connectivity index (χ3v) is 3.71. The van der Waals surface area contributed by atoms with Crippen molar-refractivity contribution in [2.45, 2.75) is 25.3 Å². The molecule has 0 spiro atoms. The van der Waals surface area contributed by atoms with Crippen molar-refractivity contribution in [3.63, 3.8) is 0 Å². The number of benzene rings is 1. The molecule has 2 atom stereocenters. The zero-order valence-corrected chi connectivity index (χ0v) is 12.9. The van der Waals surface area contributed by atoms with Crippen LogP contribution in [0.1, 0.15) is 19.3 Å². The number of nitrogens with zero attached hydrogens (tertiary/aromatic N) is 1. The first-order valence-electron chi connectivity index (χ1n) is 6.97. The molecule has 1 saturated carbocycles. The van der Waals surface area contributed by atoms with E-state index >= 15 is 0 Å². The molecular formula is C14H20ClN3O4. The Hall–Kier alpha value is -1.86.